The van der Waals surface area contributed by atoms with Gasteiger partial charge in [-0.15, -0.1) is 0 Å². The summed E-state index contributed by atoms with van der Waals surface area (Å²) in [6, 6.07) is 28.0. The molecule has 0 aliphatic carbocycles. The SMILES string of the molecule is CCCCc1nc2c(N)nc3ccc(NC(=O)CCCCC(=O)Nc4ccc5nc(N)c6nc(CCCC)n(Cc7ccc(CN)cc7)c6c5c4)cc3c2n1Cc1ccc(CN)cc1. The number of nitrogens with one attached hydrogen (secondary N) is 2. The van der Waals surface area contributed by atoms with E-state index in [1.54, 1.807) is 0 Å². The van der Waals surface area contributed by atoms with E-state index in [2.05, 4.69) is 92.1 Å². The Balaban J connectivity index is 0.940. The molecule has 0 saturated carbocycles. The lowest BCUT2D eigenvalue weighted by molar-refractivity contribution is -0.118. The molecule has 0 radical (unpaired) electrons. The molecule has 0 aliphatic heterocycles. The number of pyridine rings is 2. The largest absolute Gasteiger partial charge is 0.382 e. The van der Waals surface area contributed by atoms with Gasteiger partial charge in [-0.25, -0.2) is 19.9 Å². The first-order valence-electron chi connectivity index (χ1n) is 22.5. The minimum absolute atomic E-state index is 0.132. The van der Waals surface area contributed by atoms with E-state index < -0.39 is 0 Å². The predicted octanol–water partition coefficient (Wildman–Crippen LogP) is 8.48. The number of aryl methyl sites for hydroxylation is 2. The van der Waals surface area contributed by atoms with Gasteiger partial charge in [-0.1, -0.05) is 75.2 Å². The number of rotatable bonds is 19. The summed E-state index contributed by atoms with van der Waals surface area (Å²) >= 11 is 0. The molecular formula is C50H58N12O2. The van der Waals surface area contributed by atoms with Crippen LogP contribution >= 0.6 is 0 Å². The first-order chi connectivity index (χ1) is 31.2. The monoisotopic (exact) mass is 858 g/mol. The van der Waals surface area contributed by atoms with Crippen LogP contribution in [0.1, 0.15) is 99.1 Å². The van der Waals surface area contributed by atoms with Crippen molar-refractivity contribution in [2.24, 2.45) is 11.5 Å². The lowest BCUT2D eigenvalue weighted by Gasteiger charge is -2.13. The first kappa shape index (κ1) is 43.7. The van der Waals surface area contributed by atoms with Crippen molar-refractivity contribution in [3.05, 3.63) is 119 Å². The molecule has 330 valence electrons. The van der Waals surface area contributed by atoms with Crippen molar-refractivity contribution in [3.63, 3.8) is 0 Å². The molecule has 0 unspecified atom stereocenters. The second-order valence-corrected chi connectivity index (χ2v) is 16.6. The molecule has 10 N–H and O–H groups in total. The third-order valence-corrected chi connectivity index (χ3v) is 11.9. The fourth-order valence-corrected chi connectivity index (χ4v) is 8.41. The van der Waals surface area contributed by atoms with E-state index in [9.17, 15) is 9.59 Å². The van der Waals surface area contributed by atoms with Crippen molar-refractivity contribution in [2.45, 2.75) is 104 Å². The summed E-state index contributed by atoms with van der Waals surface area (Å²) in [6.07, 6.45) is 7.26. The molecule has 0 fully saturated rings. The number of hydrogen-bond acceptors (Lipinski definition) is 10. The number of amides is 2. The maximum absolute atomic E-state index is 13.3. The molecule has 14 nitrogen and oxygen atoms in total. The molecule has 4 aromatic heterocycles. The summed E-state index contributed by atoms with van der Waals surface area (Å²) in [5.74, 6) is 2.39. The van der Waals surface area contributed by atoms with Crippen LogP contribution in [0.5, 0.6) is 0 Å². The number of imidazole rings is 2. The number of benzene rings is 4. The Labute approximate surface area is 372 Å². The molecule has 14 heteroatoms. The number of hydrogen-bond donors (Lipinski definition) is 6. The Bertz CT molecular complexity index is 2750. The van der Waals surface area contributed by atoms with Crippen LogP contribution in [-0.2, 0) is 48.6 Å². The summed E-state index contributed by atoms with van der Waals surface area (Å²) in [5.41, 5.74) is 35.0. The van der Waals surface area contributed by atoms with Gasteiger partial charge in [0.25, 0.3) is 0 Å². The summed E-state index contributed by atoms with van der Waals surface area (Å²) in [5, 5.41) is 7.86. The molecule has 4 aromatic carbocycles. The first-order valence-corrected chi connectivity index (χ1v) is 22.5. The molecule has 0 aliphatic rings. The van der Waals surface area contributed by atoms with Gasteiger partial charge in [-0.3, -0.25) is 9.59 Å². The number of anilines is 4. The van der Waals surface area contributed by atoms with Crippen LogP contribution in [0.4, 0.5) is 23.0 Å². The van der Waals surface area contributed by atoms with Crippen LogP contribution in [0.15, 0.2) is 84.9 Å². The Kier molecular flexibility index (Phi) is 13.4. The zero-order valence-electron chi connectivity index (χ0n) is 36.8. The average Bonchev–Trinajstić information content (AvgIpc) is 3.86. The highest BCUT2D eigenvalue weighted by atomic mass is 16.2. The fourth-order valence-electron chi connectivity index (χ4n) is 8.41. The van der Waals surface area contributed by atoms with Gasteiger partial charge in [0, 0.05) is 74.0 Å². The van der Waals surface area contributed by atoms with Gasteiger partial charge in [0.15, 0.2) is 11.6 Å². The lowest BCUT2D eigenvalue weighted by atomic mass is 10.1. The maximum Gasteiger partial charge on any atom is 0.224 e. The van der Waals surface area contributed by atoms with Gasteiger partial charge in [0.1, 0.15) is 22.7 Å². The van der Waals surface area contributed by atoms with Gasteiger partial charge in [0.2, 0.25) is 11.8 Å². The van der Waals surface area contributed by atoms with E-state index in [0.29, 0.717) is 73.1 Å². The normalized spacial score (nSPS) is 11.6. The molecule has 0 atom stereocenters. The van der Waals surface area contributed by atoms with Crippen LogP contribution in [-0.4, -0.2) is 40.9 Å². The van der Waals surface area contributed by atoms with E-state index in [-0.39, 0.29) is 24.7 Å². The number of nitrogens with zero attached hydrogens (tertiary/aromatic N) is 6. The van der Waals surface area contributed by atoms with Crippen molar-refractivity contribution in [1.29, 1.82) is 0 Å². The molecular weight excluding hydrogens is 801 g/mol. The number of unbranched alkanes of at least 4 members (excludes halogenated alkanes) is 3. The van der Waals surface area contributed by atoms with Crippen molar-refractivity contribution in [1.82, 2.24) is 29.1 Å². The second-order valence-electron chi connectivity index (χ2n) is 16.6. The van der Waals surface area contributed by atoms with Gasteiger partial charge < -0.3 is 42.7 Å². The zero-order chi connectivity index (χ0) is 44.7. The average molecular weight is 859 g/mol. The van der Waals surface area contributed by atoms with Crippen molar-refractivity contribution in [2.75, 3.05) is 22.1 Å². The van der Waals surface area contributed by atoms with Crippen molar-refractivity contribution >= 4 is 78.7 Å². The number of nitrogen functional groups attached to an aromatic ring is 2. The molecule has 0 spiro atoms. The van der Waals surface area contributed by atoms with Crippen molar-refractivity contribution < 1.29 is 9.59 Å². The molecule has 4 heterocycles. The summed E-state index contributed by atoms with van der Waals surface area (Å²) in [6.45, 7) is 6.52. The van der Waals surface area contributed by atoms with E-state index in [1.807, 2.05) is 36.4 Å². The molecule has 2 amide bonds. The lowest BCUT2D eigenvalue weighted by Crippen LogP contribution is -2.13. The number of fused-ring (bicyclic) bond motifs is 6. The number of carbonyl (C=O) groups is 2. The van der Waals surface area contributed by atoms with Gasteiger partial charge in [-0.2, -0.15) is 0 Å². The Morgan fingerprint density at radius 1 is 0.531 bits per heavy atom. The summed E-state index contributed by atoms with van der Waals surface area (Å²) in [7, 11) is 0. The molecule has 64 heavy (non-hydrogen) atoms. The molecule has 0 saturated heterocycles. The second kappa shape index (κ2) is 19.7. The van der Waals surface area contributed by atoms with E-state index in [1.165, 1.54) is 0 Å². The van der Waals surface area contributed by atoms with Crippen LogP contribution < -0.4 is 33.6 Å². The predicted molar refractivity (Wildman–Crippen MR) is 259 cm³/mol. The van der Waals surface area contributed by atoms with E-state index in [4.69, 9.17) is 32.9 Å². The fraction of sp³-hybridized carbons (Fsp3) is 0.320. The van der Waals surface area contributed by atoms with Crippen LogP contribution in [0.25, 0.3) is 43.9 Å². The zero-order valence-corrected chi connectivity index (χ0v) is 36.8. The minimum Gasteiger partial charge on any atom is -0.382 e. The highest BCUT2D eigenvalue weighted by Gasteiger charge is 2.20. The number of aromatic nitrogens is 6. The maximum atomic E-state index is 13.3. The Morgan fingerprint density at radius 2 is 0.922 bits per heavy atom. The van der Waals surface area contributed by atoms with Gasteiger partial charge >= 0.3 is 0 Å². The highest BCUT2D eigenvalue weighted by molar-refractivity contribution is 6.09. The quantitative estimate of drug-likeness (QED) is 0.0425. The van der Waals surface area contributed by atoms with Gasteiger partial charge in [0.05, 0.1) is 22.1 Å². The standard InChI is InChI=1S/C50H58N12O2/c1-3-5-9-41-59-45-47(61(41)29-33-17-13-31(27-51)14-18-33)37-25-35(21-23-39(37)57-49(45)53)55-43(63)11-7-8-12-44(64)56-36-22-24-40-38(26-36)48-46(50(54)58-40)60-42(10-6-4-2)62(48)30-34-19-15-32(28-52)16-20-34/h13-26H,3-12,27-30,51-52H2,1-2H3,(H2,53,57)(H2,54,58)(H,55,63)(H,56,64). The van der Waals surface area contributed by atoms with Crippen LogP contribution in [0, 0.1) is 0 Å². The minimum atomic E-state index is -0.132. The van der Waals surface area contributed by atoms with Crippen molar-refractivity contribution in [3.8, 4) is 0 Å². The summed E-state index contributed by atoms with van der Waals surface area (Å²) < 4.78 is 4.46. The van der Waals surface area contributed by atoms with E-state index in [0.717, 1.165) is 105 Å². The Morgan fingerprint density at radius 3 is 1.30 bits per heavy atom. The smallest absolute Gasteiger partial charge is 0.224 e. The van der Waals surface area contributed by atoms with Crippen LogP contribution in [0.3, 0.4) is 0 Å². The highest BCUT2D eigenvalue weighted by Crippen LogP contribution is 2.34. The Hall–Kier alpha value is -6.90. The van der Waals surface area contributed by atoms with Gasteiger partial charge in [-0.05, 0) is 84.3 Å². The molecule has 0 bridgehead atoms. The van der Waals surface area contributed by atoms with Crippen LogP contribution in [0.2, 0.25) is 0 Å². The number of carbonyl (C=O) groups excluding carboxylic acids is 2. The summed E-state index contributed by atoms with van der Waals surface area (Å²) in [4.78, 5) is 45.9. The van der Waals surface area contributed by atoms with E-state index >= 15 is 0 Å². The number of nitrogens with two attached hydrogens (primary N) is 4. The molecule has 8 rings (SSSR count). The topological polar surface area (TPSA) is 224 Å². The third-order valence-electron chi connectivity index (χ3n) is 11.9. The third kappa shape index (κ3) is 9.53. The molecule has 8 aromatic rings.